The van der Waals surface area contributed by atoms with Crippen molar-refractivity contribution in [3.63, 3.8) is 0 Å². The molecule has 0 radical (unpaired) electrons. The molecule has 12 heavy (non-hydrogen) atoms. The van der Waals surface area contributed by atoms with Crippen molar-refractivity contribution < 1.29 is 5.11 Å². The first kappa shape index (κ1) is 11.4. The number of hydrogen-bond donors (Lipinski definition) is 2. The van der Waals surface area contributed by atoms with Gasteiger partial charge in [0.15, 0.2) is 0 Å². The topological polar surface area (TPSA) is 59.1 Å². The standard InChI is InChI=1S/C8H12N2O.ClH/c1-6-3-2-4-8(10-6)7(9)5-11;/h2-4,7,11H,5,9H2,1H3;1H/t7-;/m1./s1. The van der Waals surface area contributed by atoms with Gasteiger partial charge in [-0.2, -0.15) is 0 Å². The summed E-state index contributed by atoms with van der Waals surface area (Å²) in [6.45, 7) is 1.84. The van der Waals surface area contributed by atoms with Crippen LogP contribution in [0.3, 0.4) is 0 Å². The van der Waals surface area contributed by atoms with Gasteiger partial charge in [0.05, 0.1) is 18.3 Å². The average molecular weight is 189 g/mol. The molecule has 1 atom stereocenters. The fourth-order valence-corrected chi connectivity index (χ4v) is 0.864. The van der Waals surface area contributed by atoms with Crippen LogP contribution in [0.15, 0.2) is 18.2 Å². The molecule has 0 aliphatic heterocycles. The Kier molecular flexibility index (Phi) is 4.81. The highest BCUT2D eigenvalue weighted by Gasteiger charge is 2.04. The van der Waals surface area contributed by atoms with Gasteiger partial charge in [-0.05, 0) is 19.1 Å². The van der Waals surface area contributed by atoms with Gasteiger partial charge in [-0.1, -0.05) is 6.07 Å². The van der Waals surface area contributed by atoms with Crippen molar-refractivity contribution in [2.45, 2.75) is 13.0 Å². The number of aromatic nitrogens is 1. The number of aryl methyl sites for hydroxylation is 1. The van der Waals surface area contributed by atoms with Gasteiger partial charge in [0, 0.05) is 5.69 Å². The molecule has 4 heteroatoms. The summed E-state index contributed by atoms with van der Waals surface area (Å²) in [4.78, 5) is 4.16. The van der Waals surface area contributed by atoms with Crippen LogP contribution in [0.2, 0.25) is 0 Å². The summed E-state index contributed by atoms with van der Waals surface area (Å²) in [6.07, 6.45) is 0. The van der Waals surface area contributed by atoms with Crippen molar-refractivity contribution in [2.75, 3.05) is 6.61 Å². The van der Waals surface area contributed by atoms with Crippen molar-refractivity contribution in [1.82, 2.24) is 4.98 Å². The molecule has 0 amide bonds. The van der Waals surface area contributed by atoms with Crippen molar-refractivity contribution in [3.05, 3.63) is 29.6 Å². The molecule has 0 unspecified atom stereocenters. The number of aliphatic hydroxyl groups excluding tert-OH is 1. The maximum Gasteiger partial charge on any atom is 0.0705 e. The van der Waals surface area contributed by atoms with Crippen molar-refractivity contribution in [3.8, 4) is 0 Å². The Morgan fingerprint density at radius 3 is 2.75 bits per heavy atom. The maximum absolute atomic E-state index is 8.71. The highest BCUT2D eigenvalue weighted by atomic mass is 35.5. The Morgan fingerprint density at radius 1 is 1.58 bits per heavy atom. The molecule has 1 rings (SSSR count). The van der Waals surface area contributed by atoms with E-state index in [0.29, 0.717) is 0 Å². The molecule has 1 heterocycles. The first-order valence-electron chi connectivity index (χ1n) is 3.54. The zero-order valence-corrected chi connectivity index (χ0v) is 7.71. The Labute approximate surface area is 78.0 Å². The Hall–Kier alpha value is -0.640. The molecule has 0 saturated carbocycles. The zero-order valence-electron chi connectivity index (χ0n) is 6.90. The molecular formula is C8H13ClN2O. The number of halogens is 1. The minimum Gasteiger partial charge on any atom is -0.394 e. The molecule has 1 aromatic heterocycles. The first-order chi connectivity index (χ1) is 5.24. The summed E-state index contributed by atoms with van der Waals surface area (Å²) in [6, 6.07) is 5.24. The Morgan fingerprint density at radius 2 is 2.25 bits per heavy atom. The molecule has 1 aromatic rings. The molecule has 68 valence electrons. The van der Waals surface area contributed by atoms with Gasteiger partial charge in [-0.25, -0.2) is 0 Å². The molecule has 0 bridgehead atoms. The molecule has 3 nitrogen and oxygen atoms in total. The smallest absolute Gasteiger partial charge is 0.0705 e. The number of rotatable bonds is 2. The molecule has 3 N–H and O–H groups in total. The summed E-state index contributed by atoms with van der Waals surface area (Å²) in [5.74, 6) is 0. The SMILES string of the molecule is Cc1cccc([C@H](N)CO)n1.Cl. The second-order valence-corrected chi connectivity index (χ2v) is 2.49. The number of nitrogens with zero attached hydrogens (tertiary/aromatic N) is 1. The van der Waals surface area contributed by atoms with Gasteiger partial charge >= 0.3 is 0 Å². The van der Waals surface area contributed by atoms with E-state index in [9.17, 15) is 0 Å². The fraction of sp³-hybridized carbons (Fsp3) is 0.375. The molecule has 0 aliphatic carbocycles. The summed E-state index contributed by atoms with van der Waals surface area (Å²) >= 11 is 0. The third-order valence-corrected chi connectivity index (χ3v) is 1.49. The van der Waals surface area contributed by atoms with E-state index in [1.807, 2.05) is 25.1 Å². The predicted molar refractivity (Wildman–Crippen MR) is 50.2 cm³/mol. The van der Waals surface area contributed by atoms with E-state index in [1.165, 1.54) is 0 Å². The molecule has 0 fully saturated rings. The van der Waals surface area contributed by atoms with E-state index in [0.717, 1.165) is 11.4 Å². The van der Waals surface area contributed by atoms with Gasteiger partial charge in [0.25, 0.3) is 0 Å². The van der Waals surface area contributed by atoms with Crippen LogP contribution in [0, 0.1) is 6.92 Å². The summed E-state index contributed by atoms with van der Waals surface area (Å²) < 4.78 is 0. The van der Waals surface area contributed by atoms with Crippen LogP contribution in [0.25, 0.3) is 0 Å². The van der Waals surface area contributed by atoms with Gasteiger partial charge in [-0.3, -0.25) is 4.98 Å². The lowest BCUT2D eigenvalue weighted by atomic mass is 10.2. The largest absolute Gasteiger partial charge is 0.394 e. The van der Waals surface area contributed by atoms with E-state index in [4.69, 9.17) is 10.8 Å². The van der Waals surface area contributed by atoms with E-state index in [2.05, 4.69) is 4.98 Å². The lowest BCUT2D eigenvalue weighted by Gasteiger charge is -2.06. The van der Waals surface area contributed by atoms with Crippen LogP contribution in [-0.4, -0.2) is 16.7 Å². The number of aliphatic hydroxyl groups is 1. The molecule has 0 spiro atoms. The van der Waals surface area contributed by atoms with Crippen LogP contribution in [0.5, 0.6) is 0 Å². The fourth-order valence-electron chi connectivity index (χ4n) is 0.864. The van der Waals surface area contributed by atoms with Gasteiger partial charge < -0.3 is 10.8 Å². The van der Waals surface area contributed by atoms with Gasteiger partial charge in [-0.15, -0.1) is 12.4 Å². The Bertz CT molecular complexity index is 242. The summed E-state index contributed by atoms with van der Waals surface area (Å²) in [7, 11) is 0. The number of pyridine rings is 1. The monoisotopic (exact) mass is 188 g/mol. The predicted octanol–water partition coefficient (Wildman–Crippen LogP) is 0.804. The van der Waals surface area contributed by atoms with Crippen LogP contribution in [-0.2, 0) is 0 Å². The average Bonchev–Trinajstić information content (AvgIpc) is 2.03. The minimum absolute atomic E-state index is 0. The van der Waals surface area contributed by atoms with Gasteiger partial charge in [0.2, 0.25) is 0 Å². The van der Waals surface area contributed by atoms with Crippen molar-refractivity contribution in [2.24, 2.45) is 5.73 Å². The molecule has 0 saturated heterocycles. The summed E-state index contributed by atoms with van der Waals surface area (Å²) in [5, 5.41) is 8.71. The minimum atomic E-state index is -0.352. The second-order valence-electron chi connectivity index (χ2n) is 2.49. The third-order valence-electron chi connectivity index (χ3n) is 1.49. The molecular weight excluding hydrogens is 176 g/mol. The maximum atomic E-state index is 8.71. The highest BCUT2D eigenvalue weighted by molar-refractivity contribution is 5.85. The van der Waals surface area contributed by atoms with Crippen LogP contribution < -0.4 is 5.73 Å². The lowest BCUT2D eigenvalue weighted by Crippen LogP contribution is -2.16. The zero-order chi connectivity index (χ0) is 8.27. The normalized spacial score (nSPS) is 11.9. The van der Waals surface area contributed by atoms with E-state index >= 15 is 0 Å². The third kappa shape index (κ3) is 2.77. The number of nitrogens with two attached hydrogens (primary N) is 1. The molecule has 0 aromatic carbocycles. The van der Waals surface area contributed by atoms with E-state index < -0.39 is 0 Å². The van der Waals surface area contributed by atoms with Crippen LogP contribution >= 0.6 is 12.4 Å². The van der Waals surface area contributed by atoms with Crippen molar-refractivity contribution >= 4 is 12.4 Å². The van der Waals surface area contributed by atoms with Crippen LogP contribution in [0.1, 0.15) is 17.4 Å². The van der Waals surface area contributed by atoms with Crippen LogP contribution in [0.4, 0.5) is 0 Å². The lowest BCUT2D eigenvalue weighted by molar-refractivity contribution is 0.266. The quantitative estimate of drug-likeness (QED) is 0.722. The molecule has 0 aliphatic rings. The van der Waals surface area contributed by atoms with E-state index in [1.54, 1.807) is 0 Å². The Balaban J connectivity index is 0.00000121. The second kappa shape index (κ2) is 5.09. The number of hydrogen-bond acceptors (Lipinski definition) is 3. The first-order valence-corrected chi connectivity index (χ1v) is 3.54. The highest BCUT2D eigenvalue weighted by Crippen LogP contribution is 2.05. The van der Waals surface area contributed by atoms with Crippen molar-refractivity contribution in [1.29, 1.82) is 0 Å². The van der Waals surface area contributed by atoms with Gasteiger partial charge in [0.1, 0.15) is 0 Å². The summed E-state index contributed by atoms with van der Waals surface area (Å²) in [5.41, 5.74) is 7.22. The van der Waals surface area contributed by atoms with E-state index in [-0.39, 0.29) is 25.1 Å².